The Balaban J connectivity index is 1.99. The van der Waals surface area contributed by atoms with Crippen LogP contribution in [0.1, 0.15) is 35.3 Å². The fraction of sp³-hybridized carbons (Fsp3) is 0.692. The van der Waals surface area contributed by atoms with Gasteiger partial charge in [-0.2, -0.15) is 0 Å². The maximum atomic E-state index is 12.2. The van der Waals surface area contributed by atoms with E-state index in [2.05, 4.69) is 11.9 Å². The van der Waals surface area contributed by atoms with Crippen LogP contribution in [0, 0.1) is 19.8 Å². The van der Waals surface area contributed by atoms with Crippen molar-refractivity contribution < 1.29 is 4.79 Å². The van der Waals surface area contributed by atoms with Crippen molar-refractivity contribution in [2.75, 3.05) is 13.1 Å². The Morgan fingerprint density at radius 2 is 2.29 bits per heavy atom. The molecule has 1 atom stereocenters. The molecule has 3 nitrogen and oxygen atoms in total. The fourth-order valence-electron chi connectivity index (χ4n) is 2.40. The lowest BCUT2D eigenvalue weighted by Crippen LogP contribution is -2.39. The summed E-state index contributed by atoms with van der Waals surface area (Å²) < 4.78 is 0. The summed E-state index contributed by atoms with van der Waals surface area (Å²) in [6.07, 6.45) is 2.93. The molecule has 1 aliphatic heterocycles. The van der Waals surface area contributed by atoms with Gasteiger partial charge in [-0.3, -0.25) is 4.79 Å². The first kappa shape index (κ1) is 12.6. The van der Waals surface area contributed by atoms with Crippen molar-refractivity contribution in [2.45, 2.75) is 40.0 Å². The minimum Gasteiger partial charge on any atom is -0.342 e. The second kappa shape index (κ2) is 5.17. The molecular formula is C13H20N2OS. The standard InChI is InChI=1S/C13H20N2OS/c1-9-5-4-6-15(8-9)13(16)7-12-10(2)14-11(3)17-12/h9H,4-8H2,1-3H3. The molecule has 2 heterocycles. The van der Waals surface area contributed by atoms with E-state index in [1.807, 2.05) is 18.7 Å². The van der Waals surface area contributed by atoms with Crippen LogP contribution < -0.4 is 0 Å². The summed E-state index contributed by atoms with van der Waals surface area (Å²) in [5, 5.41) is 1.05. The highest BCUT2D eigenvalue weighted by molar-refractivity contribution is 7.11. The van der Waals surface area contributed by atoms with Gasteiger partial charge in [0.15, 0.2) is 0 Å². The number of aryl methyl sites for hydroxylation is 2. The van der Waals surface area contributed by atoms with Crippen molar-refractivity contribution in [2.24, 2.45) is 5.92 Å². The average molecular weight is 252 g/mol. The number of amides is 1. The summed E-state index contributed by atoms with van der Waals surface area (Å²) in [4.78, 5) is 19.7. The van der Waals surface area contributed by atoms with Crippen molar-refractivity contribution in [1.82, 2.24) is 9.88 Å². The Kier molecular flexibility index (Phi) is 3.82. The zero-order valence-corrected chi connectivity index (χ0v) is 11.6. The van der Waals surface area contributed by atoms with Crippen molar-refractivity contribution in [3.63, 3.8) is 0 Å². The number of hydrogen-bond acceptors (Lipinski definition) is 3. The highest BCUT2D eigenvalue weighted by Crippen LogP contribution is 2.21. The average Bonchev–Trinajstić information content (AvgIpc) is 2.57. The molecule has 0 bridgehead atoms. The van der Waals surface area contributed by atoms with Gasteiger partial charge in [-0.05, 0) is 32.6 Å². The van der Waals surface area contributed by atoms with Gasteiger partial charge in [-0.25, -0.2) is 4.98 Å². The molecule has 94 valence electrons. The van der Waals surface area contributed by atoms with Crippen LogP contribution in [0.15, 0.2) is 0 Å². The molecule has 0 aromatic carbocycles. The van der Waals surface area contributed by atoms with Crippen LogP contribution in [0.25, 0.3) is 0 Å². The van der Waals surface area contributed by atoms with Crippen LogP contribution in [-0.2, 0) is 11.2 Å². The SMILES string of the molecule is Cc1nc(C)c(CC(=O)N2CCCC(C)C2)s1. The van der Waals surface area contributed by atoms with Gasteiger partial charge in [0.05, 0.1) is 17.1 Å². The molecule has 4 heteroatoms. The summed E-state index contributed by atoms with van der Waals surface area (Å²) in [6.45, 7) is 8.07. The Hall–Kier alpha value is -0.900. The number of aromatic nitrogens is 1. The smallest absolute Gasteiger partial charge is 0.227 e. The summed E-state index contributed by atoms with van der Waals surface area (Å²) >= 11 is 1.65. The van der Waals surface area contributed by atoms with Crippen molar-refractivity contribution >= 4 is 17.2 Å². The van der Waals surface area contributed by atoms with Crippen LogP contribution in [0.2, 0.25) is 0 Å². The molecule has 0 spiro atoms. The number of carbonyl (C=O) groups excluding carboxylic acids is 1. The molecule has 1 unspecified atom stereocenters. The topological polar surface area (TPSA) is 33.2 Å². The van der Waals surface area contributed by atoms with Crippen LogP contribution in [0.5, 0.6) is 0 Å². The van der Waals surface area contributed by atoms with E-state index < -0.39 is 0 Å². The number of nitrogens with zero attached hydrogens (tertiary/aromatic N) is 2. The Bertz CT molecular complexity index is 414. The number of hydrogen-bond donors (Lipinski definition) is 0. The van der Waals surface area contributed by atoms with E-state index in [0.29, 0.717) is 12.3 Å². The van der Waals surface area contributed by atoms with E-state index in [4.69, 9.17) is 0 Å². The molecule has 0 radical (unpaired) electrons. The number of thiazole rings is 1. The van der Waals surface area contributed by atoms with E-state index in [0.717, 1.165) is 35.1 Å². The third-order valence-electron chi connectivity index (χ3n) is 3.32. The van der Waals surface area contributed by atoms with Gasteiger partial charge >= 0.3 is 0 Å². The minimum absolute atomic E-state index is 0.267. The predicted octanol–water partition coefficient (Wildman–Crippen LogP) is 2.56. The third kappa shape index (κ3) is 3.06. The Morgan fingerprint density at radius 1 is 1.53 bits per heavy atom. The molecule has 1 aromatic rings. The summed E-state index contributed by atoms with van der Waals surface area (Å²) in [7, 11) is 0. The first-order chi connectivity index (χ1) is 8.06. The van der Waals surface area contributed by atoms with E-state index >= 15 is 0 Å². The van der Waals surface area contributed by atoms with Crippen molar-refractivity contribution in [1.29, 1.82) is 0 Å². The predicted molar refractivity (Wildman–Crippen MR) is 70.3 cm³/mol. The lowest BCUT2D eigenvalue weighted by molar-refractivity contribution is -0.132. The van der Waals surface area contributed by atoms with Crippen LogP contribution in [0.3, 0.4) is 0 Å². The van der Waals surface area contributed by atoms with E-state index in [-0.39, 0.29) is 5.91 Å². The van der Waals surface area contributed by atoms with Crippen molar-refractivity contribution in [3.8, 4) is 0 Å². The number of carbonyl (C=O) groups is 1. The van der Waals surface area contributed by atoms with Crippen LogP contribution in [-0.4, -0.2) is 28.9 Å². The molecule has 1 amide bonds. The molecule has 1 fully saturated rings. The summed E-state index contributed by atoms with van der Waals surface area (Å²) in [5.74, 6) is 0.917. The number of rotatable bonds is 2. The van der Waals surface area contributed by atoms with Gasteiger partial charge in [-0.15, -0.1) is 11.3 Å². The van der Waals surface area contributed by atoms with Gasteiger partial charge in [-0.1, -0.05) is 6.92 Å². The van der Waals surface area contributed by atoms with Crippen LogP contribution >= 0.6 is 11.3 Å². The molecule has 1 aromatic heterocycles. The first-order valence-electron chi connectivity index (χ1n) is 6.27. The second-order valence-electron chi connectivity index (χ2n) is 5.01. The first-order valence-corrected chi connectivity index (χ1v) is 7.08. The summed E-state index contributed by atoms with van der Waals surface area (Å²) in [6, 6.07) is 0. The van der Waals surface area contributed by atoms with Gasteiger partial charge in [0.25, 0.3) is 0 Å². The zero-order valence-electron chi connectivity index (χ0n) is 10.8. The fourth-order valence-corrected chi connectivity index (χ4v) is 3.33. The number of likely N-dealkylation sites (tertiary alicyclic amines) is 1. The Morgan fingerprint density at radius 3 is 2.88 bits per heavy atom. The molecule has 0 N–H and O–H groups in total. The van der Waals surface area contributed by atoms with Gasteiger partial charge in [0.1, 0.15) is 0 Å². The molecule has 2 rings (SSSR count). The lowest BCUT2D eigenvalue weighted by Gasteiger charge is -2.30. The van der Waals surface area contributed by atoms with E-state index in [1.165, 1.54) is 6.42 Å². The quantitative estimate of drug-likeness (QED) is 0.810. The summed E-state index contributed by atoms with van der Waals surface area (Å²) in [5.41, 5.74) is 1.02. The largest absolute Gasteiger partial charge is 0.342 e. The monoisotopic (exact) mass is 252 g/mol. The molecule has 17 heavy (non-hydrogen) atoms. The third-order valence-corrected chi connectivity index (χ3v) is 4.39. The Labute approximate surface area is 107 Å². The zero-order chi connectivity index (χ0) is 12.4. The van der Waals surface area contributed by atoms with Crippen LogP contribution in [0.4, 0.5) is 0 Å². The van der Waals surface area contributed by atoms with E-state index in [1.54, 1.807) is 11.3 Å². The van der Waals surface area contributed by atoms with Gasteiger partial charge < -0.3 is 4.90 Å². The van der Waals surface area contributed by atoms with E-state index in [9.17, 15) is 4.79 Å². The van der Waals surface area contributed by atoms with Gasteiger partial charge in [0.2, 0.25) is 5.91 Å². The normalized spacial score (nSPS) is 20.6. The minimum atomic E-state index is 0.267. The second-order valence-corrected chi connectivity index (χ2v) is 6.29. The molecule has 0 aliphatic carbocycles. The maximum Gasteiger partial charge on any atom is 0.227 e. The number of piperidine rings is 1. The molecule has 1 saturated heterocycles. The molecule has 1 aliphatic rings. The highest BCUT2D eigenvalue weighted by atomic mass is 32.1. The molecular weight excluding hydrogens is 232 g/mol. The molecule has 0 saturated carbocycles. The van der Waals surface area contributed by atoms with Gasteiger partial charge in [0, 0.05) is 18.0 Å². The maximum absolute atomic E-state index is 12.2. The lowest BCUT2D eigenvalue weighted by atomic mass is 10.00. The van der Waals surface area contributed by atoms with Crippen molar-refractivity contribution in [3.05, 3.63) is 15.6 Å². The highest BCUT2D eigenvalue weighted by Gasteiger charge is 2.22.